The predicted molar refractivity (Wildman–Crippen MR) is 70.4 cm³/mol. The van der Waals surface area contributed by atoms with Crippen LogP contribution in [0.3, 0.4) is 0 Å². The fourth-order valence-electron chi connectivity index (χ4n) is 3.23. The molecule has 1 aromatic heterocycles. The van der Waals surface area contributed by atoms with Crippen LogP contribution in [-0.4, -0.2) is 45.3 Å². The van der Waals surface area contributed by atoms with E-state index in [0.717, 1.165) is 38.3 Å². The van der Waals surface area contributed by atoms with Gasteiger partial charge in [0.2, 0.25) is 0 Å². The van der Waals surface area contributed by atoms with E-state index in [9.17, 15) is 0 Å². The molecule has 3 heterocycles. The molecule has 0 saturated carbocycles. The third kappa shape index (κ3) is 2.17. The number of nitrogens with two attached hydrogens (primary N) is 1. The van der Waals surface area contributed by atoms with Gasteiger partial charge in [-0.1, -0.05) is 6.92 Å². The van der Waals surface area contributed by atoms with Gasteiger partial charge in [0.15, 0.2) is 0 Å². The average molecular weight is 249 g/mol. The summed E-state index contributed by atoms with van der Waals surface area (Å²) in [4.78, 5) is 2.52. The van der Waals surface area contributed by atoms with Crippen LogP contribution in [0.15, 0.2) is 0 Å². The number of nitrogens with zero attached hydrogens (tertiary/aromatic N) is 4. The molecule has 0 bridgehead atoms. The summed E-state index contributed by atoms with van der Waals surface area (Å²) in [5.74, 6) is 2.86. The maximum atomic E-state index is 5.99. The fraction of sp³-hybridized carbons (Fsp3) is 0.846. The second-order valence-electron chi connectivity index (χ2n) is 5.61. The zero-order valence-electron chi connectivity index (χ0n) is 11.2. The molecule has 2 aliphatic heterocycles. The van der Waals surface area contributed by atoms with Crippen molar-refractivity contribution in [2.24, 2.45) is 5.73 Å². The van der Waals surface area contributed by atoms with Gasteiger partial charge in [0, 0.05) is 31.5 Å². The van der Waals surface area contributed by atoms with Gasteiger partial charge in [-0.15, -0.1) is 10.2 Å². The highest BCUT2D eigenvalue weighted by Crippen LogP contribution is 2.27. The summed E-state index contributed by atoms with van der Waals surface area (Å²) in [5, 5.41) is 8.80. The van der Waals surface area contributed by atoms with Crippen LogP contribution in [0.5, 0.6) is 0 Å². The quantitative estimate of drug-likeness (QED) is 0.840. The average Bonchev–Trinajstić information content (AvgIpc) is 2.81. The maximum Gasteiger partial charge on any atom is 0.137 e. The van der Waals surface area contributed by atoms with Crippen LogP contribution in [0.25, 0.3) is 0 Å². The molecule has 1 aromatic rings. The third-order valence-electron chi connectivity index (χ3n) is 4.34. The Morgan fingerprint density at radius 3 is 3.00 bits per heavy atom. The van der Waals surface area contributed by atoms with Gasteiger partial charge in [0.25, 0.3) is 0 Å². The maximum absolute atomic E-state index is 5.99. The summed E-state index contributed by atoms with van der Waals surface area (Å²) in [6, 6.07) is 0.271. The Morgan fingerprint density at radius 1 is 1.28 bits per heavy atom. The molecule has 2 atom stereocenters. The number of fused-ring (bicyclic) bond motifs is 1. The van der Waals surface area contributed by atoms with Gasteiger partial charge in [-0.05, 0) is 32.4 Å². The van der Waals surface area contributed by atoms with Crippen molar-refractivity contribution in [2.75, 3.05) is 19.6 Å². The Labute approximate surface area is 108 Å². The normalized spacial score (nSPS) is 29.2. The molecular weight excluding hydrogens is 226 g/mol. The first-order valence-corrected chi connectivity index (χ1v) is 7.18. The molecule has 0 aromatic carbocycles. The van der Waals surface area contributed by atoms with Gasteiger partial charge >= 0.3 is 0 Å². The van der Waals surface area contributed by atoms with Crippen molar-refractivity contribution in [2.45, 2.75) is 51.1 Å². The molecule has 3 rings (SSSR count). The van der Waals surface area contributed by atoms with E-state index >= 15 is 0 Å². The first kappa shape index (κ1) is 12.1. The van der Waals surface area contributed by atoms with E-state index < -0.39 is 0 Å². The molecule has 100 valence electrons. The zero-order valence-corrected chi connectivity index (χ0v) is 11.2. The number of hydrogen-bond acceptors (Lipinski definition) is 4. The first-order valence-electron chi connectivity index (χ1n) is 7.18. The molecule has 2 N–H and O–H groups in total. The summed E-state index contributed by atoms with van der Waals surface area (Å²) in [6.45, 7) is 6.75. The number of likely N-dealkylation sites (N-methyl/N-ethyl adjacent to an activating group) is 1. The standard InChI is InChI=1S/C13H23N5/c1-2-17-6-3-4-10(9-17)13-16-15-12-8-11(14)5-7-18(12)13/h10-11H,2-9,14H2,1H3. The van der Waals surface area contributed by atoms with E-state index in [1.165, 1.54) is 25.2 Å². The minimum Gasteiger partial charge on any atom is -0.327 e. The van der Waals surface area contributed by atoms with Crippen LogP contribution < -0.4 is 5.73 Å². The van der Waals surface area contributed by atoms with Gasteiger partial charge in [0.1, 0.15) is 11.6 Å². The summed E-state index contributed by atoms with van der Waals surface area (Å²) in [5.41, 5.74) is 5.99. The Hall–Kier alpha value is -0.940. The Kier molecular flexibility index (Phi) is 3.35. The lowest BCUT2D eigenvalue weighted by Crippen LogP contribution is -2.36. The lowest BCUT2D eigenvalue weighted by atomic mass is 9.96. The predicted octanol–water partition coefficient (Wildman–Crippen LogP) is 0.751. The second kappa shape index (κ2) is 4.97. The lowest BCUT2D eigenvalue weighted by Gasteiger charge is -2.32. The molecule has 18 heavy (non-hydrogen) atoms. The van der Waals surface area contributed by atoms with Crippen molar-refractivity contribution < 1.29 is 0 Å². The van der Waals surface area contributed by atoms with Crippen LogP contribution in [0.2, 0.25) is 0 Å². The second-order valence-corrected chi connectivity index (χ2v) is 5.61. The Balaban J connectivity index is 1.80. The first-order chi connectivity index (χ1) is 8.78. The van der Waals surface area contributed by atoms with Crippen LogP contribution in [-0.2, 0) is 13.0 Å². The highest BCUT2D eigenvalue weighted by molar-refractivity contribution is 5.07. The summed E-state index contributed by atoms with van der Waals surface area (Å²) in [7, 11) is 0. The van der Waals surface area contributed by atoms with Crippen molar-refractivity contribution in [3.8, 4) is 0 Å². The lowest BCUT2D eigenvalue weighted by molar-refractivity contribution is 0.210. The van der Waals surface area contributed by atoms with Crippen LogP contribution in [0.1, 0.15) is 43.8 Å². The van der Waals surface area contributed by atoms with E-state index in [2.05, 4.69) is 26.6 Å². The number of rotatable bonds is 2. The highest BCUT2D eigenvalue weighted by Gasteiger charge is 2.28. The molecular formula is C13H23N5. The summed E-state index contributed by atoms with van der Waals surface area (Å²) >= 11 is 0. The molecule has 5 heteroatoms. The SMILES string of the molecule is CCN1CCCC(c2nnc3n2CCC(N)C3)C1. The van der Waals surface area contributed by atoms with Gasteiger partial charge in [-0.3, -0.25) is 0 Å². The van der Waals surface area contributed by atoms with Gasteiger partial charge in [0.05, 0.1) is 0 Å². The largest absolute Gasteiger partial charge is 0.327 e. The molecule has 0 aliphatic carbocycles. The minimum absolute atomic E-state index is 0.271. The van der Waals surface area contributed by atoms with Crippen molar-refractivity contribution >= 4 is 0 Å². The van der Waals surface area contributed by atoms with Gasteiger partial charge in [-0.25, -0.2) is 0 Å². The van der Waals surface area contributed by atoms with Crippen molar-refractivity contribution in [1.29, 1.82) is 0 Å². The molecule has 0 spiro atoms. The zero-order chi connectivity index (χ0) is 12.5. The molecule has 0 radical (unpaired) electrons. The van der Waals surface area contributed by atoms with E-state index in [0.29, 0.717) is 5.92 Å². The summed E-state index contributed by atoms with van der Waals surface area (Å²) < 4.78 is 2.33. The van der Waals surface area contributed by atoms with E-state index in [4.69, 9.17) is 5.73 Å². The molecule has 0 amide bonds. The van der Waals surface area contributed by atoms with Crippen molar-refractivity contribution in [1.82, 2.24) is 19.7 Å². The van der Waals surface area contributed by atoms with Crippen molar-refractivity contribution in [3.63, 3.8) is 0 Å². The van der Waals surface area contributed by atoms with E-state index in [1.807, 2.05) is 0 Å². The van der Waals surface area contributed by atoms with E-state index in [1.54, 1.807) is 0 Å². The molecule has 2 aliphatic rings. The molecule has 5 nitrogen and oxygen atoms in total. The fourth-order valence-corrected chi connectivity index (χ4v) is 3.23. The molecule has 2 unspecified atom stereocenters. The number of hydrogen-bond donors (Lipinski definition) is 1. The van der Waals surface area contributed by atoms with E-state index in [-0.39, 0.29) is 6.04 Å². The topological polar surface area (TPSA) is 60.0 Å². The number of aromatic nitrogens is 3. The monoisotopic (exact) mass is 249 g/mol. The van der Waals surface area contributed by atoms with Crippen LogP contribution in [0, 0.1) is 0 Å². The highest BCUT2D eigenvalue weighted by atomic mass is 15.3. The molecule has 1 saturated heterocycles. The van der Waals surface area contributed by atoms with Gasteiger partial charge in [-0.2, -0.15) is 0 Å². The number of piperidine rings is 1. The Morgan fingerprint density at radius 2 is 2.17 bits per heavy atom. The van der Waals surface area contributed by atoms with Crippen LogP contribution >= 0.6 is 0 Å². The van der Waals surface area contributed by atoms with Crippen LogP contribution in [0.4, 0.5) is 0 Å². The molecule has 1 fully saturated rings. The van der Waals surface area contributed by atoms with Gasteiger partial charge < -0.3 is 15.2 Å². The Bertz CT molecular complexity index is 414. The smallest absolute Gasteiger partial charge is 0.137 e. The third-order valence-corrected chi connectivity index (χ3v) is 4.34. The minimum atomic E-state index is 0.271. The number of likely N-dealkylation sites (tertiary alicyclic amines) is 1. The summed E-state index contributed by atoms with van der Waals surface area (Å²) in [6.07, 6.45) is 4.47. The van der Waals surface area contributed by atoms with Crippen molar-refractivity contribution in [3.05, 3.63) is 11.6 Å².